The van der Waals surface area contributed by atoms with Crippen LogP contribution in [-0.2, 0) is 9.53 Å². The average molecular weight is 229 g/mol. The maximum absolute atomic E-state index is 11.0. The van der Waals surface area contributed by atoms with Crippen LogP contribution in [0.2, 0.25) is 0 Å². The summed E-state index contributed by atoms with van der Waals surface area (Å²) >= 11 is 0. The molecule has 3 N–H and O–H groups in total. The van der Waals surface area contributed by atoms with Gasteiger partial charge in [-0.25, -0.2) is 0 Å². The van der Waals surface area contributed by atoms with E-state index >= 15 is 0 Å². The topological polar surface area (TPSA) is 72.5 Å². The van der Waals surface area contributed by atoms with Gasteiger partial charge in [0.25, 0.3) is 0 Å². The molecule has 0 spiro atoms. The van der Waals surface area contributed by atoms with Gasteiger partial charge in [-0.1, -0.05) is 13.8 Å². The summed E-state index contributed by atoms with van der Waals surface area (Å²) in [4.78, 5) is 11.0. The Bertz CT molecular complexity index is 253. The molecule has 1 saturated heterocycles. The Morgan fingerprint density at radius 3 is 2.62 bits per heavy atom. The van der Waals surface area contributed by atoms with Crippen LogP contribution < -0.4 is 5.73 Å². The molecular formula is C12H23NO3. The quantitative estimate of drug-likeness (QED) is 0.768. The largest absolute Gasteiger partial charge is 0.481 e. The van der Waals surface area contributed by atoms with Gasteiger partial charge in [-0.05, 0) is 25.7 Å². The Hall–Kier alpha value is -0.610. The number of ether oxygens (including phenoxy) is 1. The van der Waals surface area contributed by atoms with Crippen molar-refractivity contribution in [2.75, 3.05) is 6.61 Å². The predicted molar refractivity (Wildman–Crippen MR) is 62.1 cm³/mol. The van der Waals surface area contributed by atoms with E-state index in [9.17, 15) is 4.79 Å². The minimum absolute atomic E-state index is 0.103. The van der Waals surface area contributed by atoms with E-state index in [0.717, 1.165) is 12.8 Å². The van der Waals surface area contributed by atoms with E-state index in [1.807, 2.05) is 6.92 Å². The average Bonchev–Trinajstić information content (AvgIpc) is 2.16. The molecule has 1 rings (SSSR count). The highest BCUT2D eigenvalue weighted by Gasteiger charge is 2.42. The van der Waals surface area contributed by atoms with Gasteiger partial charge in [-0.15, -0.1) is 0 Å². The third-order valence-electron chi connectivity index (χ3n) is 3.75. The predicted octanol–water partition coefficient (Wildman–Crippen LogP) is 1.63. The molecule has 0 bridgehead atoms. The van der Waals surface area contributed by atoms with Crippen LogP contribution in [0.25, 0.3) is 0 Å². The summed E-state index contributed by atoms with van der Waals surface area (Å²) in [5, 5.41) is 9.01. The highest BCUT2D eigenvalue weighted by molar-refractivity contribution is 5.67. The molecule has 0 aromatic rings. The minimum atomic E-state index is -0.762. The Morgan fingerprint density at radius 1 is 1.56 bits per heavy atom. The first-order chi connectivity index (χ1) is 7.37. The number of carboxylic acids is 1. The number of nitrogens with two attached hydrogens (primary N) is 1. The Labute approximate surface area is 97.2 Å². The van der Waals surface area contributed by atoms with E-state index < -0.39 is 5.97 Å². The van der Waals surface area contributed by atoms with Crippen LogP contribution in [0.1, 0.15) is 40.0 Å². The molecule has 3 unspecified atom stereocenters. The van der Waals surface area contributed by atoms with Crippen molar-refractivity contribution in [3.8, 4) is 0 Å². The molecule has 3 atom stereocenters. The summed E-state index contributed by atoms with van der Waals surface area (Å²) < 4.78 is 5.68. The van der Waals surface area contributed by atoms with E-state index in [4.69, 9.17) is 15.6 Å². The summed E-state index contributed by atoms with van der Waals surface area (Å²) in [5.41, 5.74) is 5.70. The Kier molecular flexibility index (Phi) is 4.33. The van der Waals surface area contributed by atoms with Crippen molar-refractivity contribution in [3.05, 3.63) is 0 Å². The van der Waals surface area contributed by atoms with Crippen molar-refractivity contribution in [2.45, 2.75) is 52.2 Å². The second kappa shape index (κ2) is 5.15. The third kappa shape index (κ3) is 2.95. The van der Waals surface area contributed by atoms with Crippen LogP contribution in [0.4, 0.5) is 0 Å². The molecule has 1 heterocycles. The molecule has 1 aliphatic heterocycles. The first-order valence-corrected chi connectivity index (χ1v) is 5.96. The van der Waals surface area contributed by atoms with Crippen LogP contribution in [0, 0.1) is 11.3 Å². The number of hydrogen-bond donors (Lipinski definition) is 2. The summed E-state index contributed by atoms with van der Waals surface area (Å²) in [7, 11) is 0. The van der Waals surface area contributed by atoms with E-state index in [1.54, 1.807) is 0 Å². The van der Waals surface area contributed by atoms with Crippen molar-refractivity contribution in [1.82, 2.24) is 0 Å². The number of rotatable bonds is 4. The highest BCUT2D eigenvalue weighted by Crippen LogP contribution is 2.41. The van der Waals surface area contributed by atoms with Gasteiger partial charge < -0.3 is 15.6 Å². The minimum Gasteiger partial charge on any atom is -0.481 e. The molecule has 4 heteroatoms. The van der Waals surface area contributed by atoms with E-state index in [1.165, 1.54) is 0 Å². The molecule has 0 amide bonds. The highest BCUT2D eigenvalue weighted by atomic mass is 16.5. The molecule has 0 aromatic heterocycles. The maximum atomic E-state index is 11.0. The number of hydrogen-bond acceptors (Lipinski definition) is 3. The van der Waals surface area contributed by atoms with Crippen molar-refractivity contribution in [3.63, 3.8) is 0 Å². The fourth-order valence-electron chi connectivity index (χ4n) is 2.44. The first-order valence-electron chi connectivity index (χ1n) is 5.96. The van der Waals surface area contributed by atoms with Gasteiger partial charge in [0.05, 0.1) is 12.5 Å². The van der Waals surface area contributed by atoms with Gasteiger partial charge in [0.15, 0.2) is 0 Å². The third-order valence-corrected chi connectivity index (χ3v) is 3.75. The van der Waals surface area contributed by atoms with Gasteiger partial charge >= 0.3 is 5.97 Å². The summed E-state index contributed by atoms with van der Waals surface area (Å²) in [6, 6.07) is -0.103. The second-order valence-electron chi connectivity index (χ2n) is 5.33. The van der Waals surface area contributed by atoms with Gasteiger partial charge in [0, 0.05) is 18.1 Å². The lowest BCUT2D eigenvalue weighted by atomic mass is 9.69. The second-order valence-corrected chi connectivity index (χ2v) is 5.33. The SMILES string of the molecule is CC(C)C1CC(CC(=O)O)(C(C)N)CCO1. The van der Waals surface area contributed by atoms with Crippen molar-refractivity contribution in [1.29, 1.82) is 0 Å². The van der Waals surface area contributed by atoms with Gasteiger partial charge in [0.2, 0.25) is 0 Å². The maximum Gasteiger partial charge on any atom is 0.303 e. The number of carboxylic acid groups (broad SMARTS) is 1. The first kappa shape index (κ1) is 13.5. The zero-order chi connectivity index (χ0) is 12.3. The van der Waals surface area contributed by atoms with Gasteiger partial charge in [-0.3, -0.25) is 4.79 Å². The van der Waals surface area contributed by atoms with Gasteiger partial charge in [0.1, 0.15) is 0 Å². The van der Waals surface area contributed by atoms with Crippen LogP contribution in [0.5, 0.6) is 0 Å². The van der Waals surface area contributed by atoms with E-state index in [2.05, 4.69) is 13.8 Å². The van der Waals surface area contributed by atoms with Crippen molar-refractivity contribution in [2.24, 2.45) is 17.1 Å². The molecule has 0 radical (unpaired) electrons. The fourth-order valence-corrected chi connectivity index (χ4v) is 2.44. The normalized spacial score (nSPS) is 32.7. The molecule has 4 nitrogen and oxygen atoms in total. The molecular weight excluding hydrogens is 206 g/mol. The van der Waals surface area contributed by atoms with E-state index in [0.29, 0.717) is 12.5 Å². The van der Waals surface area contributed by atoms with Crippen molar-refractivity contribution < 1.29 is 14.6 Å². The number of aliphatic carboxylic acids is 1. The fraction of sp³-hybridized carbons (Fsp3) is 0.917. The smallest absolute Gasteiger partial charge is 0.303 e. The lowest BCUT2D eigenvalue weighted by Crippen LogP contribution is -2.48. The summed E-state index contributed by atoms with van der Waals surface area (Å²) in [5.74, 6) is -0.353. The lowest BCUT2D eigenvalue weighted by molar-refractivity contribution is -0.145. The molecule has 0 saturated carbocycles. The molecule has 0 aliphatic carbocycles. The standard InChI is InChI=1S/C12H23NO3/c1-8(2)10-6-12(9(3)13,4-5-16-10)7-11(14)15/h8-10H,4-7,13H2,1-3H3,(H,14,15). The van der Waals surface area contributed by atoms with Crippen molar-refractivity contribution >= 4 is 5.97 Å². The van der Waals surface area contributed by atoms with Crippen LogP contribution in [-0.4, -0.2) is 29.8 Å². The van der Waals surface area contributed by atoms with Crippen LogP contribution >= 0.6 is 0 Å². The summed E-state index contributed by atoms with van der Waals surface area (Å²) in [6.45, 7) is 6.73. The molecule has 1 fully saturated rings. The zero-order valence-corrected chi connectivity index (χ0v) is 10.4. The van der Waals surface area contributed by atoms with E-state index in [-0.39, 0.29) is 24.0 Å². The zero-order valence-electron chi connectivity index (χ0n) is 10.4. The lowest BCUT2D eigenvalue weighted by Gasteiger charge is -2.44. The molecule has 16 heavy (non-hydrogen) atoms. The van der Waals surface area contributed by atoms with Gasteiger partial charge in [-0.2, -0.15) is 0 Å². The summed E-state index contributed by atoms with van der Waals surface area (Å²) in [6.07, 6.45) is 1.80. The Morgan fingerprint density at radius 2 is 2.19 bits per heavy atom. The monoisotopic (exact) mass is 229 g/mol. The molecule has 1 aliphatic rings. The number of carbonyl (C=O) groups is 1. The Balaban J connectivity index is 2.80. The van der Waals surface area contributed by atoms with Crippen LogP contribution in [0.15, 0.2) is 0 Å². The molecule has 94 valence electrons. The van der Waals surface area contributed by atoms with Crippen LogP contribution in [0.3, 0.4) is 0 Å². The molecule has 0 aromatic carbocycles.